The SMILES string of the molecule is C=CCN[C@H](C=O)[C@H](C)CC. The molecule has 0 aromatic carbocycles. The van der Waals surface area contributed by atoms with E-state index in [0.717, 1.165) is 12.7 Å². The molecule has 0 rings (SSSR count). The fourth-order valence-electron chi connectivity index (χ4n) is 0.857. The zero-order valence-electron chi connectivity index (χ0n) is 7.34. The van der Waals surface area contributed by atoms with E-state index in [9.17, 15) is 4.79 Å². The molecule has 2 heteroatoms. The van der Waals surface area contributed by atoms with Crippen LogP contribution in [0.5, 0.6) is 0 Å². The maximum atomic E-state index is 10.5. The van der Waals surface area contributed by atoms with Crippen LogP contribution in [-0.4, -0.2) is 18.9 Å². The first-order chi connectivity index (χ1) is 5.26. The summed E-state index contributed by atoms with van der Waals surface area (Å²) in [6.45, 7) is 8.42. The van der Waals surface area contributed by atoms with Crippen LogP contribution in [0.15, 0.2) is 12.7 Å². The fourth-order valence-corrected chi connectivity index (χ4v) is 0.857. The summed E-state index contributed by atoms with van der Waals surface area (Å²) in [5.74, 6) is 0.410. The van der Waals surface area contributed by atoms with Crippen molar-refractivity contribution in [3.8, 4) is 0 Å². The number of rotatable bonds is 6. The van der Waals surface area contributed by atoms with Crippen molar-refractivity contribution >= 4 is 6.29 Å². The molecule has 0 spiro atoms. The van der Waals surface area contributed by atoms with Gasteiger partial charge in [0.15, 0.2) is 0 Å². The summed E-state index contributed by atoms with van der Waals surface area (Å²) in [6.07, 6.45) is 3.75. The Labute approximate surface area is 68.7 Å². The summed E-state index contributed by atoms with van der Waals surface area (Å²) in [7, 11) is 0. The predicted molar refractivity (Wildman–Crippen MR) is 47.5 cm³/mol. The van der Waals surface area contributed by atoms with Gasteiger partial charge in [0.1, 0.15) is 6.29 Å². The zero-order chi connectivity index (χ0) is 8.69. The number of carbonyl (C=O) groups is 1. The molecule has 0 aliphatic carbocycles. The minimum Gasteiger partial charge on any atom is -0.304 e. The van der Waals surface area contributed by atoms with Gasteiger partial charge in [-0.15, -0.1) is 6.58 Å². The van der Waals surface area contributed by atoms with Crippen molar-refractivity contribution in [2.45, 2.75) is 26.3 Å². The Morgan fingerprint density at radius 1 is 1.64 bits per heavy atom. The summed E-state index contributed by atoms with van der Waals surface area (Å²) in [5, 5.41) is 3.08. The molecule has 0 bridgehead atoms. The van der Waals surface area contributed by atoms with Crippen molar-refractivity contribution in [3.05, 3.63) is 12.7 Å². The van der Waals surface area contributed by atoms with Gasteiger partial charge in [0.25, 0.3) is 0 Å². The van der Waals surface area contributed by atoms with Gasteiger partial charge in [-0.1, -0.05) is 26.3 Å². The summed E-state index contributed by atoms with van der Waals surface area (Å²) in [5.41, 5.74) is 0. The highest BCUT2D eigenvalue weighted by atomic mass is 16.1. The standard InChI is InChI=1S/C9H17NO/c1-4-6-10-9(7-11)8(3)5-2/h4,7-10H,1,5-6H2,2-3H3/t8-,9-/m1/s1. The molecule has 1 N–H and O–H groups in total. The second-order valence-corrected chi connectivity index (χ2v) is 2.74. The first kappa shape index (κ1) is 10.4. The first-order valence-electron chi connectivity index (χ1n) is 4.05. The van der Waals surface area contributed by atoms with Crippen LogP contribution in [0.4, 0.5) is 0 Å². The van der Waals surface area contributed by atoms with Crippen molar-refractivity contribution in [1.82, 2.24) is 5.32 Å². The van der Waals surface area contributed by atoms with E-state index in [0.29, 0.717) is 12.5 Å². The second-order valence-electron chi connectivity index (χ2n) is 2.74. The molecule has 0 fully saturated rings. The fraction of sp³-hybridized carbons (Fsp3) is 0.667. The molecule has 0 heterocycles. The summed E-state index contributed by atoms with van der Waals surface area (Å²) >= 11 is 0. The van der Waals surface area contributed by atoms with Crippen molar-refractivity contribution in [3.63, 3.8) is 0 Å². The molecule has 2 atom stereocenters. The summed E-state index contributed by atoms with van der Waals surface area (Å²) < 4.78 is 0. The van der Waals surface area contributed by atoms with Gasteiger partial charge < -0.3 is 10.1 Å². The van der Waals surface area contributed by atoms with E-state index in [1.54, 1.807) is 6.08 Å². The van der Waals surface area contributed by atoms with E-state index in [1.807, 2.05) is 0 Å². The minimum absolute atomic E-state index is 0.0157. The van der Waals surface area contributed by atoms with E-state index in [4.69, 9.17) is 0 Å². The highest BCUT2D eigenvalue weighted by Crippen LogP contribution is 2.04. The first-order valence-corrected chi connectivity index (χ1v) is 4.05. The van der Waals surface area contributed by atoms with Crippen molar-refractivity contribution in [1.29, 1.82) is 0 Å². The number of hydrogen-bond acceptors (Lipinski definition) is 2. The second kappa shape index (κ2) is 6.10. The normalized spacial score (nSPS) is 15.5. The van der Waals surface area contributed by atoms with Gasteiger partial charge in [0.2, 0.25) is 0 Å². The average molecular weight is 155 g/mol. The molecule has 0 unspecified atom stereocenters. The van der Waals surface area contributed by atoms with E-state index in [-0.39, 0.29) is 6.04 Å². The predicted octanol–water partition coefficient (Wildman–Crippen LogP) is 1.38. The monoisotopic (exact) mass is 155 g/mol. The van der Waals surface area contributed by atoms with Gasteiger partial charge in [-0.2, -0.15) is 0 Å². The van der Waals surface area contributed by atoms with Gasteiger partial charge in [-0.3, -0.25) is 0 Å². The average Bonchev–Trinajstić information content (AvgIpc) is 2.05. The lowest BCUT2D eigenvalue weighted by molar-refractivity contribution is -0.110. The van der Waals surface area contributed by atoms with E-state index in [1.165, 1.54) is 0 Å². The Morgan fingerprint density at radius 3 is 2.64 bits per heavy atom. The zero-order valence-corrected chi connectivity index (χ0v) is 7.34. The van der Waals surface area contributed by atoms with Crippen molar-refractivity contribution in [2.24, 2.45) is 5.92 Å². The molecular weight excluding hydrogens is 138 g/mol. The lowest BCUT2D eigenvalue weighted by atomic mass is 10.0. The molecule has 2 nitrogen and oxygen atoms in total. The van der Waals surface area contributed by atoms with Gasteiger partial charge in [-0.25, -0.2) is 0 Å². The van der Waals surface area contributed by atoms with Crippen molar-refractivity contribution in [2.75, 3.05) is 6.54 Å². The Morgan fingerprint density at radius 2 is 2.27 bits per heavy atom. The van der Waals surface area contributed by atoms with Crippen LogP contribution in [0, 0.1) is 5.92 Å². The molecule has 0 saturated heterocycles. The molecule has 0 aromatic rings. The number of carbonyl (C=O) groups excluding carboxylic acids is 1. The van der Waals surface area contributed by atoms with E-state index in [2.05, 4.69) is 25.7 Å². The highest BCUT2D eigenvalue weighted by Gasteiger charge is 2.12. The maximum absolute atomic E-state index is 10.5. The van der Waals surface area contributed by atoms with Crippen LogP contribution >= 0.6 is 0 Å². The molecule has 0 aliphatic heterocycles. The molecule has 0 saturated carbocycles. The smallest absolute Gasteiger partial charge is 0.137 e. The number of nitrogens with one attached hydrogen (secondary N) is 1. The molecule has 0 amide bonds. The molecular formula is C9H17NO. The number of aldehydes is 1. The van der Waals surface area contributed by atoms with Gasteiger partial charge in [-0.05, 0) is 5.92 Å². The minimum atomic E-state index is -0.0157. The number of hydrogen-bond donors (Lipinski definition) is 1. The van der Waals surface area contributed by atoms with Crippen LogP contribution in [0.25, 0.3) is 0 Å². The maximum Gasteiger partial charge on any atom is 0.137 e. The molecule has 0 aromatic heterocycles. The summed E-state index contributed by atoms with van der Waals surface area (Å²) in [6, 6.07) is -0.0157. The van der Waals surface area contributed by atoms with Gasteiger partial charge in [0.05, 0.1) is 6.04 Å². The van der Waals surface area contributed by atoms with Crippen LogP contribution < -0.4 is 5.32 Å². The Kier molecular flexibility index (Phi) is 5.75. The Bertz CT molecular complexity index is 123. The van der Waals surface area contributed by atoms with Crippen LogP contribution in [-0.2, 0) is 4.79 Å². The van der Waals surface area contributed by atoms with E-state index < -0.39 is 0 Å². The molecule has 0 radical (unpaired) electrons. The largest absolute Gasteiger partial charge is 0.304 e. The Hall–Kier alpha value is -0.630. The molecule has 11 heavy (non-hydrogen) atoms. The third-order valence-corrected chi connectivity index (χ3v) is 1.90. The molecule has 64 valence electrons. The van der Waals surface area contributed by atoms with E-state index >= 15 is 0 Å². The summed E-state index contributed by atoms with van der Waals surface area (Å²) in [4.78, 5) is 10.5. The van der Waals surface area contributed by atoms with Crippen LogP contribution in [0.1, 0.15) is 20.3 Å². The quantitative estimate of drug-likeness (QED) is 0.463. The molecule has 0 aliphatic rings. The van der Waals surface area contributed by atoms with Gasteiger partial charge in [0, 0.05) is 6.54 Å². The lowest BCUT2D eigenvalue weighted by Gasteiger charge is -2.17. The topological polar surface area (TPSA) is 29.1 Å². The van der Waals surface area contributed by atoms with Crippen LogP contribution in [0.3, 0.4) is 0 Å². The Balaban J connectivity index is 3.73. The van der Waals surface area contributed by atoms with Crippen molar-refractivity contribution < 1.29 is 4.79 Å². The third-order valence-electron chi connectivity index (χ3n) is 1.90. The third kappa shape index (κ3) is 3.94. The van der Waals surface area contributed by atoms with Gasteiger partial charge >= 0.3 is 0 Å². The highest BCUT2D eigenvalue weighted by molar-refractivity contribution is 5.58. The lowest BCUT2D eigenvalue weighted by Crippen LogP contribution is -2.36. The van der Waals surface area contributed by atoms with Crippen LogP contribution in [0.2, 0.25) is 0 Å².